The molecule has 2 heterocycles. The highest BCUT2D eigenvalue weighted by Crippen LogP contribution is 2.10. The summed E-state index contributed by atoms with van der Waals surface area (Å²) in [5.74, 6) is 0.129. The minimum absolute atomic E-state index is 0.239. The van der Waals surface area contributed by atoms with Crippen LogP contribution in [-0.4, -0.2) is 25.8 Å². The van der Waals surface area contributed by atoms with Crippen molar-refractivity contribution in [1.82, 2.24) is 19.9 Å². The number of anilines is 1. The molecule has 0 saturated heterocycles. The van der Waals surface area contributed by atoms with Gasteiger partial charge in [-0.2, -0.15) is 0 Å². The summed E-state index contributed by atoms with van der Waals surface area (Å²) in [6.07, 6.45) is 3.11. The number of nitrogens with one attached hydrogen (secondary N) is 2. The third kappa shape index (κ3) is 1.91. The third-order valence-corrected chi connectivity index (χ3v) is 2.40. The molecule has 0 bridgehead atoms. The fourth-order valence-electron chi connectivity index (χ4n) is 1.58. The molecule has 1 amide bonds. The molecule has 6 nitrogen and oxygen atoms in total. The van der Waals surface area contributed by atoms with Crippen molar-refractivity contribution in [3.8, 4) is 0 Å². The van der Waals surface area contributed by atoms with Crippen LogP contribution in [0.3, 0.4) is 0 Å². The first-order valence-corrected chi connectivity index (χ1v) is 5.36. The van der Waals surface area contributed by atoms with Gasteiger partial charge in [0, 0.05) is 12.4 Å². The summed E-state index contributed by atoms with van der Waals surface area (Å²) in [6.45, 7) is 0. The predicted octanol–water partition coefficient (Wildman–Crippen LogP) is 1.61. The van der Waals surface area contributed by atoms with Crippen LogP contribution < -0.4 is 5.32 Å². The first-order chi connectivity index (χ1) is 8.83. The SMILES string of the molecule is O=C(Nc1ncccn1)c1nc2ccccc2[nH]1. The van der Waals surface area contributed by atoms with Crippen LogP contribution in [0.25, 0.3) is 11.0 Å². The van der Waals surface area contributed by atoms with Gasteiger partial charge in [0.25, 0.3) is 5.91 Å². The number of fused-ring (bicyclic) bond motifs is 1. The van der Waals surface area contributed by atoms with Crippen molar-refractivity contribution in [3.63, 3.8) is 0 Å². The summed E-state index contributed by atoms with van der Waals surface area (Å²) in [5, 5.41) is 2.56. The molecule has 0 unspecified atom stereocenters. The summed E-state index contributed by atoms with van der Waals surface area (Å²) in [6, 6.07) is 9.12. The van der Waals surface area contributed by atoms with Crippen LogP contribution in [0.2, 0.25) is 0 Å². The topological polar surface area (TPSA) is 83.6 Å². The Morgan fingerprint density at radius 2 is 1.89 bits per heavy atom. The minimum Gasteiger partial charge on any atom is -0.334 e. The van der Waals surface area contributed by atoms with Gasteiger partial charge >= 0.3 is 0 Å². The second-order valence-electron chi connectivity index (χ2n) is 3.63. The maximum absolute atomic E-state index is 11.9. The van der Waals surface area contributed by atoms with E-state index in [-0.39, 0.29) is 17.7 Å². The lowest BCUT2D eigenvalue weighted by Crippen LogP contribution is -2.15. The molecule has 0 aliphatic carbocycles. The Bertz CT molecular complexity index is 659. The number of hydrogen-bond acceptors (Lipinski definition) is 4. The second kappa shape index (κ2) is 4.25. The number of amides is 1. The minimum atomic E-state index is -0.364. The summed E-state index contributed by atoms with van der Waals surface area (Å²) < 4.78 is 0. The molecule has 0 aliphatic rings. The Balaban J connectivity index is 1.88. The quantitative estimate of drug-likeness (QED) is 0.711. The third-order valence-electron chi connectivity index (χ3n) is 2.40. The number of benzene rings is 1. The number of para-hydroxylation sites is 2. The van der Waals surface area contributed by atoms with Crippen LogP contribution in [-0.2, 0) is 0 Å². The highest BCUT2D eigenvalue weighted by molar-refractivity contribution is 6.02. The maximum Gasteiger partial charge on any atom is 0.293 e. The van der Waals surface area contributed by atoms with E-state index in [1.807, 2.05) is 24.3 Å². The molecular formula is C12H9N5O. The molecule has 6 heteroatoms. The highest BCUT2D eigenvalue weighted by Gasteiger charge is 2.12. The van der Waals surface area contributed by atoms with E-state index in [9.17, 15) is 4.79 Å². The number of nitrogens with zero attached hydrogens (tertiary/aromatic N) is 3. The highest BCUT2D eigenvalue weighted by atomic mass is 16.2. The van der Waals surface area contributed by atoms with Crippen molar-refractivity contribution < 1.29 is 4.79 Å². The molecule has 0 radical (unpaired) electrons. The number of rotatable bonds is 2. The molecule has 0 aliphatic heterocycles. The lowest BCUT2D eigenvalue weighted by atomic mass is 10.3. The van der Waals surface area contributed by atoms with Gasteiger partial charge in [0.1, 0.15) is 0 Å². The van der Waals surface area contributed by atoms with E-state index in [2.05, 4.69) is 25.3 Å². The second-order valence-corrected chi connectivity index (χ2v) is 3.63. The van der Waals surface area contributed by atoms with Gasteiger partial charge in [-0.15, -0.1) is 0 Å². The van der Waals surface area contributed by atoms with Gasteiger partial charge in [0.2, 0.25) is 5.95 Å². The van der Waals surface area contributed by atoms with E-state index in [0.29, 0.717) is 0 Å². The fraction of sp³-hybridized carbons (Fsp3) is 0. The number of hydrogen-bond donors (Lipinski definition) is 2. The zero-order valence-corrected chi connectivity index (χ0v) is 9.29. The maximum atomic E-state index is 11.9. The Hall–Kier alpha value is -2.76. The summed E-state index contributed by atoms with van der Waals surface area (Å²) in [5.41, 5.74) is 1.56. The van der Waals surface area contributed by atoms with Gasteiger partial charge in [-0.25, -0.2) is 15.0 Å². The van der Waals surface area contributed by atoms with Gasteiger partial charge in [-0.3, -0.25) is 10.1 Å². The smallest absolute Gasteiger partial charge is 0.293 e. The van der Waals surface area contributed by atoms with Gasteiger partial charge in [-0.05, 0) is 18.2 Å². The number of carbonyl (C=O) groups is 1. The van der Waals surface area contributed by atoms with E-state index in [1.165, 1.54) is 0 Å². The van der Waals surface area contributed by atoms with Crippen LogP contribution in [0.15, 0.2) is 42.7 Å². The number of aromatic amines is 1. The zero-order valence-electron chi connectivity index (χ0n) is 9.29. The number of carbonyl (C=O) groups excluding carboxylic acids is 1. The molecule has 1 aromatic carbocycles. The molecule has 2 aromatic heterocycles. The lowest BCUT2D eigenvalue weighted by Gasteiger charge is -1.99. The fourth-order valence-corrected chi connectivity index (χ4v) is 1.58. The average Bonchev–Trinajstić information content (AvgIpc) is 2.84. The molecule has 88 valence electrons. The van der Waals surface area contributed by atoms with Crippen molar-refractivity contribution in [1.29, 1.82) is 0 Å². The van der Waals surface area contributed by atoms with Gasteiger partial charge in [0.15, 0.2) is 5.82 Å². The summed E-state index contributed by atoms with van der Waals surface area (Å²) in [4.78, 5) is 26.8. The summed E-state index contributed by atoms with van der Waals surface area (Å²) in [7, 11) is 0. The van der Waals surface area contributed by atoms with Crippen LogP contribution in [0, 0.1) is 0 Å². The normalized spacial score (nSPS) is 10.4. The molecule has 0 spiro atoms. The van der Waals surface area contributed by atoms with Gasteiger partial charge in [0.05, 0.1) is 11.0 Å². The van der Waals surface area contributed by atoms with E-state index in [4.69, 9.17) is 0 Å². The average molecular weight is 239 g/mol. The molecule has 3 rings (SSSR count). The van der Waals surface area contributed by atoms with Crippen LogP contribution in [0.4, 0.5) is 5.95 Å². The van der Waals surface area contributed by atoms with E-state index >= 15 is 0 Å². The molecule has 0 atom stereocenters. The van der Waals surface area contributed by atoms with Crippen molar-refractivity contribution >= 4 is 22.9 Å². The van der Waals surface area contributed by atoms with Gasteiger partial charge in [-0.1, -0.05) is 12.1 Å². The molecule has 0 fully saturated rings. The number of aromatic nitrogens is 4. The Morgan fingerprint density at radius 3 is 2.67 bits per heavy atom. The molecular weight excluding hydrogens is 230 g/mol. The monoisotopic (exact) mass is 239 g/mol. The Labute approximate surface area is 102 Å². The summed E-state index contributed by atoms with van der Waals surface area (Å²) >= 11 is 0. The van der Waals surface area contributed by atoms with Gasteiger partial charge < -0.3 is 4.98 Å². The molecule has 3 aromatic rings. The zero-order chi connectivity index (χ0) is 12.4. The van der Waals surface area contributed by atoms with Crippen LogP contribution in [0.5, 0.6) is 0 Å². The van der Waals surface area contributed by atoms with Crippen molar-refractivity contribution in [2.24, 2.45) is 0 Å². The van der Waals surface area contributed by atoms with Crippen LogP contribution >= 0.6 is 0 Å². The Morgan fingerprint density at radius 1 is 1.11 bits per heavy atom. The predicted molar refractivity (Wildman–Crippen MR) is 66.1 cm³/mol. The lowest BCUT2D eigenvalue weighted by molar-refractivity contribution is 0.101. The molecule has 18 heavy (non-hydrogen) atoms. The van der Waals surface area contributed by atoms with Crippen molar-refractivity contribution in [3.05, 3.63) is 48.5 Å². The van der Waals surface area contributed by atoms with Crippen molar-refractivity contribution in [2.45, 2.75) is 0 Å². The van der Waals surface area contributed by atoms with Crippen LogP contribution in [0.1, 0.15) is 10.6 Å². The number of imidazole rings is 1. The van der Waals surface area contributed by atoms with E-state index in [1.54, 1.807) is 18.5 Å². The first-order valence-electron chi connectivity index (χ1n) is 5.36. The van der Waals surface area contributed by atoms with Crippen molar-refractivity contribution in [2.75, 3.05) is 5.32 Å². The molecule has 2 N–H and O–H groups in total. The van der Waals surface area contributed by atoms with E-state index in [0.717, 1.165) is 11.0 Å². The standard InChI is InChI=1S/C12H9N5O/c18-11(17-12-13-6-3-7-14-12)10-15-8-4-1-2-5-9(8)16-10/h1-7H,(H,15,16)(H,13,14,17,18). The largest absolute Gasteiger partial charge is 0.334 e. The first kappa shape index (κ1) is 10.4. The van der Waals surface area contributed by atoms with E-state index < -0.39 is 0 Å². The Kier molecular flexibility index (Phi) is 2.45. The molecule has 0 saturated carbocycles. The number of H-pyrrole nitrogens is 1.